The number of hydrogen-bond donors (Lipinski definition) is 1. The van der Waals surface area contributed by atoms with Gasteiger partial charge in [-0.3, -0.25) is 9.40 Å². The average Bonchev–Trinajstić information content (AvgIpc) is 2.97. The lowest BCUT2D eigenvalue weighted by atomic mass is 10.5. The molecule has 8 nitrogen and oxygen atoms in total. The van der Waals surface area contributed by atoms with E-state index in [1.165, 1.54) is 16.3 Å². The molecule has 0 aliphatic heterocycles. The maximum absolute atomic E-state index is 12.1. The molecule has 0 amide bonds. The largest absolute Gasteiger partial charge is 0.464 e. The minimum Gasteiger partial charge on any atom is -0.464 e. The first kappa shape index (κ1) is 13.5. The van der Waals surface area contributed by atoms with Crippen LogP contribution in [0, 0.1) is 0 Å². The number of aromatic nitrogens is 3. The first-order valence-electron chi connectivity index (χ1n) is 4.98. The molecule has 0 unspecified atom stereocenters. The van der Waals surface area contributed by atoms with Crippen molar-refractivity contribution < 1.29 is 17.9 Å². The SMILES string of the molecule is COC(=O)c1ncsc1S(=O)(=O)Nc1ccn(C)n1. The van der Waals surface area contributed by atoms with Crippen molar-refractivity contribution in [2.75, 3.05) is 11.8 Å². The molecule has 2 rings (SSSR count). The van der Waals surface area contributed by atoms with Crippen molar-refractivity contribution in [3.05, 3.63) is 23.5 Å². The maximum Gasteiger partial charge on any atom is 0.358 e. The number of aryl methyl sites for hydroxylation is 1. The highest BCUT2D eigenvalue weighted by molar-refractivity contribution is 7.94. The van der Waals surface area contributed by atoms with E-state index in [2.05, 4.69) is 19.5 Å². The zero-order valence-corrected chi connectivity index (χ0v) is 11.7. The molecular weight excluding hydrogens is 292 g/mol. The highest BCUT2D eigenvalue weighted by Crippen LogP contribution is 2.23. The van der Waals surface area contributed by atoms with Crippen molar-refractivity contribution >= 4 is 33.1 Å². The summed E-state index contributed by atoms with van der Waals surface area (Å²) in [5.41, 5.74) is 1.02. The topological polar surface area (TPSA) is 103 Å². The van der Waals surface area contributed by atoms with E-state index >= 15 is 0 Å². The van der Waals surface area contributed by atoms with Crippen LogP contribution in [0.5, 0.6) is 0 Å². The number of anilines is 1. The molecular formula is C9H10N4O4S2. The summed E-state index contributed by atoms with van der Waals surface area (Å²) in [6, 6.07) is 1.50. The second-order valence-corrected chi connectivity index (χ2v) is 6.19. The zero-order valence-electron chi connectivity index (χ0n) is 10.0. The van der Waals surface area contributed by atoms with E-state index in [0.717, 1.165) is 18.4 Å². The Morgan fingerprint density at radius 1 is 1.53 bits per heavy atom. The summed E-state index contributed by atoms with van der Waals surface area (Å²) in [7, 11) is -1.10. The lowest BCUT2D eigenvalue weighted by molar-refractivity contribution is 0.0590. The number of nitrogens with one attached hydrogen (secondary N) is 1. The Labute approximate surface area is 113 Å². The molecule has 0 fully saturated rings. The number of methoxy groups -OCH3 is 1. The van der Waals surface area contributed by atoms with Gasteiger partial charge in [-0.15, -0.1) is 11.3 Å². The van der Waals surface area contributed by atoms with Crippen LogP contribution in [0.25, 0.3) is 0 Å². The Balaban J connectivity index is 2.35. The molecule has 102 valence electrons. The Kier molecular flexibility index (Phi) is 3.53. The van der Waals surface area contributed by atoms with Gasteiger partial charge in [0.25, 0.3) is 10.0 Å². The molecule has 0 aromatic carbocycles. The van der Waals surface area contributed by atoms with Gasteiger partial charge >= 0.3 is 5.97 Å². The van der Waals surface area contributed by atoms with Crippen molar-refractivity contribution in [2.24, 2.45) is 7.05 Å². The predicted molar refractivity (Wildman–Crippen MR) is 67.5 cm³/mol. The minimum absolute atomic E-state index is 0.159. The van der Waals surface area contributed by atoms with Gasteiger partial charge in [-0.25, -0.2) is 18.2 Å². The molecule has 2 aromatic rings. The lowest BCUT2D eigenvalue weighted by Gasteiger charge is -2.04. The molecule has 10 heteroatoms. The molecule has 2 heterocycles. The highest BCUT2D eigenvalue weighted by Gasteiger charge is 2.27. The van der Waals surface area contributed by atoms with E-state index in [4.69, 9.17) is 0 Å². The van der Waals surface area contributed by atoms with E-state index in [1.54, 1.807) is 13.2 Å². The molecule has 19 heavy (non-hydrogen) atoms. The van der Waals surface area contributed by atoms with Crippen molar-refractivity contribution in [3.63, 3.8) is 0 Å². The average molecular weight is 302 g/mol. The molecule has 0 aliphatic rings. The van der Waals surface area contributed by atoms with E-state index in [0.29, 0.717) is 0 Å². The van der Waals surface area contributed by atoms with Gasteiger partial charge in [-0.05, 0) is 0 Å². The summed E-state index contributed by atoms with van der Waals surface area (Å²) in [6.45, 7) is 0. The third-order valence-corrected chi connectivity index (χ3v) is 4.83. The number of carbonyl (C=O) groups is 1. The second kappa shape index (κ2) is 4.97. The van der Waals surface area contributed by atoms with E-state index in [1.807, 2.05) is 0 Å². The third-order valence-electron chi connectivity index (χ3n) is 2.11. The van der Waals surface area contributed by atoms with Crippen molar-refractivity contribution in [1.82, 2.24) is 14.8 Å². The normalized spacial score (nSPS) is 11.3. The number of thiazole rings is 1. The van der Waals surface area contributed by atoms with Crippen LogP contribution in [0.1, 0.15) is 10.5 Å². The summed E-state index contributed by atoms with van der Waals surface area (Å²) < 4.78 is 32.2. The third kappa shape index (κ3) is 2.74. The quantitative estimate of drug-likeness (QED) is 0.823. The molecule has 1 N–H and O–H groups in total. The Morgan fingerprint density at radius 3 is 2.84 bits per heavy atom. The number of hydrogen-bond acceptors (Lipinski definition) is 7. The van der Waals surface area contributed by atoms with E-state index in [9.17, 15) is 13.2 Å². The van der Waals surface area contributed by atoms with Crippen LogP contribution in [0.3, 0.4) is 0 Å². The lowest BCUT2D eigenvalue weighted by Crippen LogP contribution is -2.16. The number of rotatable bonds is 4. The molecule has 0 aliphatic carbocycles. The van der Waals surface area contributed by atoms with Gasteiger partial charge in [0.2, 0.25) is 0 Å². The molecule has 0 bridgehead atoms. The first-order chi connectivity index (χ1) is 8.94. The first-order valence-corrected chi connectivity index (χ1v) is 7.34. The van der Waals surface area contributed by atoms with Crippen LogP contribution in [0.15, 0.2) is 22.0 Å². The van der Waals surface area contributed by atoms with Gasteiger partial charge in [0.05, 0.1) is 12.6 Å². The van der Waals surface area contributed by atoms with Crippen molar-refractivity contribution in [2.45, 2.75) is 4.21 Å². The number of ether oxygens (including phenoxy) is 1. The van der Waals surface area contributed by atoms with Crippen LogP contribution in [0.2, 0.25) is 0 Å². The Hall–Kier alpha value is -1.94. The maximum atomic E-state index is 12.1. The van der Waals surface area contributed by atoms with Crippen LogP contribution in [-0.2, 0) is 21.8 Å². The van der Waals surface area contributed by atoms with Crippen molar-refractivity contribution in [3.8, 4) is 0 Å². The minimum atomic E-state index is -3.91. The summed E-state index contributed by atoms with van der Waals surface area (Å²) in [5, 5.41) is 3.89. The monoisotopic (exact) mass is 302 g/mol. The predicted octanol–water partition coefficient (Wildman–Crippen LogP) is 0.464. The van der Waals surface area contributed by atoms with Gasteiger partial charge in [0.15, 0.2) is 15.7 Å². The second-order valence-electron chi connectivity index (χ2n) is 3.46. The molecule has 2 aromatic heterocycles. The summed E-state index contributed by atoms with van der Waals surface area (Å²) in [5.74, 6) is -0.644. The smallest absolute Gasteiger partial charge is 0.358 e. The van der Waals surface area contributed by atoms with Crippen LogP contribution >= 0.6 is 11.3 Å². The van der Waals surface area contributed by atoms with Crippen LogP contribution in [0.4, 0.5) is 5.82 Å². The fourth-order valence-electron chi connectivity index (χ4n) is 1.31. The van der Waals surface area contributed by atoms with Gasteiger partial charge in [0, 0.05) is 19.3 Å². The van der Waals surface area contributed by atoms with Gasteiger partial charge in [-0.2, -0.15) is 5.10 Å². The molecule has 0 radical (unpaired) electrons. The molecule has 0 atom stereocenters. The standard InChI is InChI=1S/C9H10N4O4S2/c1-13-4-3-6(11-13)12-19(15,16)9-7(8(14)17-2)10-5-18-9/h3-5H,1-2H3,(H,11,12). The number of sulfonamides is 1. The van der Waals surface area contributed by atoms with Crippen molar-refractivity contribution in [1.29, 1.82) is 0 Å². The van der Waals surface area contributed by atoms with Gasteiger partial charge < -0.3 is 4.74 Å². The molecule has 0 saturated heterocycles. The summed E-state index contributed by atoms with van der Waals surface area (Å²) in [6.07, 6.45) is 1.59. The summed E-state index contributed by atoms with van der Waals surface area (Å²) >= 11 is 0.829. The number of nitrogens with zero attached hydrogens (tertiary/aromatic N) is 3. The van der Waals surface area contributed by atoms with Gasteiger partial charge in [-0.1, -0.05) is 0 Å². The zero-order chi connectivity index (χ0) is 14.0. The number of esters is 1. The van der Waals surface area contributed by atoms with Crippen LogP contribution in [-0.4, -0.2) is 36.3 Å². The van der Waals surface area contributed by atoms with E-state index < -0.39 is 16.0 Å². The van der Waals surface area contributed by atoms with Crippen LogP contribution < -0.4 is 4.72 Å². The molecule has 0 saturated carbocycles. The fourth-order valence-corrected chi connectivity index (χ4v) is 3.44. The number of carbonyl (C=O) groups excluding carboxylic acids is 1. The Bertz CT molecular complexity index is 703. The fraction of sp³-hybridized carbons (Fsp3) is 0.222. The molecule has 0 spiro atoms. The van der Waals surface area contributed by atoms with E-state index in [-0.39, 0.29) is 15.7 Å². The summed E-state index contributed by atoms with van der Waals surface area (Å²) in [4.78, 5) is 15.1. The Morgan fingerprint density at radius 2 is 2.26 bits per heavy atom. The van der Waals surface area contributed by atoms with Gasteiger partial charge in [0.1, 0.15) is 0 Å². The highest BCUT2D eigenvalue weighted by atomic mass is 32.2.